The molecule has 0 saturated heterocycles. The van der Waals surface area contributed by atoms with E-state index < -0.39 is 11.2 Å². The minimum Gasteiger partial charge on any atom is -0.476 e. The van der Waals surface area contributed by atoms with E-state index in [4.69, 9.17) is 16.3 Å². The van der Waals surface area contributed by atoms with E-state index in [2.05, 4.69) is 23.2 Å². The zero-order chi connectivity index (χ0) is 23.4. The van der Waals surface area contributed by atoms with Crippen molar-refractivity contribution < 1.29 is 9.84 Å². The molecule has 32 heavy (non-hydrogen) atoms. The van der Waals surface area contributed by atoms with Gasteiger partial charge in [-0.25, -0.2) is 0 Å². The predicted octanol–water partition coefficient (Wildman–Crippen LogP) is 6.71. The van der Waals surface area contributed by atoms with Crippen LogP contribution >= 0.6 is 11.6 Å². The van der Waals surface area contributed by atoms with Crippen LogP contribution in [0.5, 0.6) is 5.75 Å². The summed E-state index contributed by atoms with van der Waals surface area (Å²) < 4.78 is 6.55. The highest BCUT2D eigenvalue weighted by Crippen LogP contribution is 2.66. The topological polar surface area (TPSA) is 66.1 Å². The third-order valence-electron chi connectivity index (χ3n) is 6.03. The van der Waals surface area contributed by atoms with Crippen LogP contribution in [0.4, 0.5) is 0 Å². The fourth-order valence-electron chi connectivity index (χ4n) is 4.84. The molecule has 0 spiro atoms. The van der Waals surface area contributed by atoms with Crippen LogP contribution in [0.15, 0.2) is 66.9 Å². The molecule has 3 aromatic rings. The second-order valence-corrected chi connectivity index (χ2v) is 7.83. The van der Waals surface area contributed by atoms with Crippen molar-refractivity contribution in [1.82, 2.24) is 4.98 Å². The largest absolute Gasteiger partial charge is 0.476 e. The van der Waals surface area contributed by atoms with E-state index >= 15 is 0 Å². The number of nitriles is 1. The lowest BCUT2D eigenvalue weighted by Crippen LogP contribution is -2.48. The molecule has 1 aromatic heterocycles. The van der Waals surface area contributed by atoms with Gasteiger partial charge in [0.1, 0.15) is 11.4 Å². The summed E-state index contributed by atoms with van der Waals surface area (Å²) in [6.07, 6.45) is 2.82. The zero-order valence-electron chi connectivity index (χ0n) is 19.0. The van der Waals surface area contributed by atoms with E-state index in [0.29, 0.717) is 28.5 Å². The standard InChI is InChI=1S/C23H17ClN2O2.2C2H6/c24-18-12-20-21(26-14-18)22(27)11-10-19(16-4-2-1-3-5-16)23(22,28-20)17-8-6-15(13-25)7-9-17;2*1-2/h1-9,12,14,19,27H,10-11H2;2*1-2H3. The molecule has 166 valence electrons. The molecule has 3 unspecified atom stereocenters. The second-order valence-electron chi connectivity index (χ2n) is 7.39. The highest BCUT2D eigenvalue weighted by atomic mass is 35.5. The van der Waals surface area contributed by atoms with Gasteiger partial charge in [0, 0.05) is 18.2 Å². The summed E-state index contributed by atoms with van der Waals surface area (Å²) in [5, 5.41) is 21.6. The van der Waals surface area contributed by atoms with E-state index in [0.717, 1.165) is 17.5 Å². The maximum atomic E-state index is 11.9. The molecule has 2 aliphatic rings. The molecule has 1 fully saturated rings. The number of nitrogens with zero attached hydrogens (tertiary/aromatic N) is 2. The quantitative estimate of drug-likeness (QED) is 0.473. The van der Waals surface area contributed by atoms with Crippen molar-refractivity contribution in [2.75, 3.05) is 0 Å². The summed E-state index contributed by atoms with van der Waals surface area (Å²) in [6.45, 7) is 8.00. The number of benzene rings is 2. The van der Waals surface area contributed by atoms with Crippen molar-refractivity contribution in [3.63, 3.8) is 0 Å². The van der Waals surface area contributed by atoms with Crippen LogP contribution < -0.4 is 4.74 Å². The van der Waals surface area contributed by atoms with Crippen LogP contribution in [0.3, 0.4) is 0 Å². The van der Waals surface area contributed by atoms with Gasteiger partial charge in [-0.3, -0.25) is 4.98 Å². The first-order valence-corrected chi connectivity index (χ1v) is 11.6. The molecule has 1 N–H and O–H groups in total. The highest BCUT2D eigenvalue weighted by molar-refractivity contribution is 6.30. The first kappa shape index (κ1) is 23.8. The van der Waals surface area contributed by atoms with Crippen LogP contribution in [0.25, 0.3) is 0 Å². The van der Waals surface area contributed by atoms with Gasteiger partial charge in [0.05, 0.1) is 16.7 Å². The molecule has 0 bridgehead atoms. The number of fused-ring (bicyclic) bond motifs is 3. The molecular formula is C27H29ClN2O2. The Kier molecular flexibility index (Phi) is 7.23. The summed E-state index contributed by atoms with van der Waals surface area (Å²) in [6, 6.07) is 21.2. The van der Waals surface area contributed by atoms with Gasteiger partial charge in [-0.15, -0.1) is 0 Å². The molecule has 0 amide bonds. The molecule has 2 heterocycles. The molecule has 1 saturated carbocycles. The number of ether oxygens (including phenoxy) is 1. The molecule has 3 atom stereocenters. The van der Waals surface area contributed by atoms with E-state index in [9.17, 15) is 10.4 Å². The van der Waals surface area contributed by atoms with E-state index in [1.807, 2.05) is 58.0 Å². The molecule has 1 aliphatic carbocycles. The Morgan fingerprint density at radius 3 is 2.34 bits per heavy atom. The monoisotopic (exact) mass is 448 g/mol. The first-order valence-electron chi connectivity index (χ1n) is 11.2. The van der Waals surface area contributed by atoms with Gasteiger partial charge < -0.3 is 9.84 Å². The number of aliphatic hydroxyl groups is 1. The Balaban J connectivity index is 0.000000686. The van der Waals surface area contributed by atoms with Crippen LogP contribution in [0.2, 0.25) is 5.02 Å². The number of halogens is 1. The lowest BCUT2D eigenvalue weighted by molar-refractivity contribution is -0.107. The summed E-state index contributed by atoms with van der Waals surface area (Å²) in [5.74, 6) is 0.444. The molecular weight excluding hydrogens is 420 g/mol. The number of hydrogen-bond donors (Lipinski definition) is 1. The van der Waals surface area contributed by atoms with Gasteiger partial charge in [0.2, 0.25) is 0 Å². The van der Waals surface area contributed by atoms with Gasteiger partial charge in [-0.05, 0) is 36.1 Å². The zero-order valence-corrected chi connectivity index (χ0v) is 19.7. The Hall–Kier alpha value is -2.87. The summed E-state index contributed by atoms with van der Waals surface area (Å²) in [5.41, 5.74) is 0.717. The number of aromatic nitrogens is 1. The number of hydrogen-bond acceptors (Lipinski definition) is 4. The van der Waals surface area contributed by atoms with Gasteiger partial charge in [-0.1, -0.05) is 81.8 Å². The molecule has 1 aliphatic heterocycles. The molecule has 4 nitrogen and oxygen atoms in total. The lowest BCUT2D eigenvalue weighted by atomic mass is 9.72. The summed E-state index contributed by atoms with van der Waals surface area (Å²) in [4.78, 5) is 4.45. The molecule has 5 rings (SSSR count). The predicted molar refractivity (Wildman–Crippen MR) is 128 cm³/mol. The Morgan fingerprint density at radius 2 is 1.72 bits per heavy atom. The number of rotatable bonds is 2. The molecule has 0 radical (unpaired) electrons. The Morgan fingerprint density at radius 1 is 1.06 bits per heavy atom. The van der Waals surface area contributed by atoms with Crippen molar-refractivity contribution in [1.29, 1.82) is 5.26 Å². The Labute approximate surface area is 195 Å². The van der Waals surface area contributed by atoms with Crippen molar-refractivity contribution in [3.8, 4) is 11.8 Å². The highest BCUT2D eigenvalue weighted by Gasteiger charge is 2.69. The lowest BCUT2D eigenvalue weighted by Gasteiger charge is -2.39. The first-order chi connectivity index (χ1) is 15.6. The van der Waals surface area contributed by atoms with Crippen LogP contribution in [-0.4, -0.2) is 10.1 Å². The van der Waals surface area contributed by atoms with Crippen molar-refractivity contribution in [2.45, 2.75) is 57.7 Å². The van der Waals surface area contributed by atoms with Crippen molar-refractivity contribution >= 4 is 11.6 Å². The smallest absolute Gasteiger partial charge is 0.175 e. The van der Waals surface area contributed by atoms with Gasteiger partial charge in [0.15, 0.2) is 11.2 Å². The maximum absolute atomic E-state index is 11.9. The van der Waals surface area contributed by atoms with Crippen LogP contribution in [0, 0.1) is 11.3 Å². The fraction of sp³-hybridized carbons (Fsp3) is 0.333. The van der Waals surface area contributed by atoms with Crippen molar-refractivity contribution in [2.24, 2.45) is 0 Å². The normalized spacial score (nSPS) is 24.5. The van der Waals surface area contributed by atoms with Gasteiger partial charge >= 0.3 is 0 Å². The fourth-order valence-corrected chi connectivity index (χ4v) is 4.99. The van der Waals surface area contributed by atoms with Gasteiger partial charge in [0.25, 0.3) is 0 Å². The maximum Gasteiger partial charge on any atom is 0.175 e. The number of pyridine rings is 1. The Bertz CT molecular complexity index is 1090. The second kappa shape index (κ2) is 9.73. The summed E-state index contributed by atoms with van der Waals surface area (Å²) >= 11 is 6.15. The summed E-state index contributed by atoms with van der Waals surface area (Å²) in [7, 11) is 0. The SMILES string of the molecule is CC.CC.N#Cc1ccc(C23Oc4cc(Cl)cnc4C2(O)CCC3c2ccccc2)cc1. The van der Waals surface area contributed by atoms with Crippen molar-refractivity contribution in [3.05, 3.63) is 94.3 Å². The van der Waals surface area contributed by atoms with E-state index in [-0.39, 0.29) is 5.92 Å². The van der Waals surface area contributed by atoms with E-state index in [1.165, 1.54) is 0 Å². The van der Waals surface area contributed by atoms with Crippen LogP contribution in [0.1, 0.15) is 68.8 Å². The molecule has 2 aromatic carbocycles. The third-order valence-corrected chi connectivity index (χ3v) is 6.23. The van der Waals surface area contributed by atoms with Gasteiger partial charge in [-0.2, -0.15) is 5.26 Å². The average Bonchev–Trinajstić information content (AvgIpc) is 3.28. The third kappa shape index (κ3) is 3.56. The van der Waals surface area contributed by atoms with Crippen LogP contribution in [-0.2, 0) is 11.2 Å². The van der Waals surface area contributed by atoms with E-state index in [1.54, 1.807) is 24.4 Å². The average molecular weight is 449 g/mol. The minimum absolute atomic E-state index is 0.0698. The minimum atomic E-state index is -1.28. The molecule has 5 heteroatoms.